The zero-order valence-electron chi connectivity index (χ0n) is 15.3. The van der Waals surface area contributed by atoms with Crippen LogP contribution in [0.4, 0.5) is 0 Å². The molecule has 3 aromatic rings. The minimum atomic E-state index is -0.576. The topological polar surface area (TPSA) is 93.8 Å². The molecule has 2 aromatic heterocycles. The number of benzene rings is 1. The first-order valence-corrected chi connectivity index (χ1v) is 9.29. The molecule has 0 atom stereocenters. The van der Waals surface area contributed by atoms with Gasteiger partial charge in [-0.2, -0.15) is 5.10 Å². The van der Waals surface area contributed by atoms with Crippen LogP contribution in [0.2, 0.25) is 0 Å². The number of pyridine rings is 1. The minimum absolute atomic E-state index is 0.289. The molecule has 29 heavy (non-hydrogen) atoms. The third-order valence-electron chi connectivity index (χ3n) is 3.65. The van der Waals surface area contributed by atoms with Gasteiger partial charge in [0.15, 0.2) is 0 Å². The van der Waals surface area contributed by atoms with Crippen LogP contribution in [-0.4, -0.2) is 23.1 Å². The van der Waals surface area contributed by atoms with Crippen LogP contribution in [0.15, 0.2) is 75.0 Å². The van der Waals surface area contributed by atoms with Crippen molar-refractivity contribution in [3.05, 3.63) is 88.1 Å². The molecule has 0 unspecified atom stereocenters. The van der Waals surface area contributed by atoms with Gasteiger partial charge in [0.25, 0.3) is 5.91 Å². The standard InChI is InChI=1S/C21H16BrN3O4/c1-14-4-5-15(12-23-14)21(27)25-24-13-16-11-17(22)6-8-19(16)29-20(26)9-7-18-3-2-10-28-18/h2-13H,1H3,(H,25,27)/b9-7+,24-13+. The molecule has 0 fully saturated rings. The third-order valence-corrected chi connectivity index (χ3v) is 4.15. The van der Waals surface area contributed by atoms with E-state index in [-0.39, 0.29) is 5.75 Å². The Morgan fingerprint density at radius 1 is 1.24 bits per heavy atom. The summed E-state index contributed by atoms with van der Waals surface area (Å²) in [7, 11) is 0. The first kappa shape index (κ1) is 20.2. The maximum absolute atomic E-state index is 12.1. The van der Waals surface area contributed by atoms with Crippen molar-refractivity contribution < 1.29 is 18.7 Å². The molecule has 0 aliphatic rings. The number of nitrogens with one attached hydrogen (secondary N) is 1. The number of aryl methyl sites for hydroxylation is 1. The lowest BCUT2D eigenvalue weighted by Crippen LogP contribution is -2.18. The Labute approximate surface area is 175 Å². The molecule has 7 nitrogen and oxygen atoms in total. The lowest BCUT2D eigenvalue weighted by atomic mass is 10.2. The van der Waals surface area contributed by atoms with Crippen molar-refractivity contribution in [1.29, 1.82) is 0 Å². The summed E-state index contributed by atoms with van der Waals surface area (Å²) in [6.45, 7) is 1.83. The largest absolute Gasteiger partial charge is 0.465 e. The molecule has 0 aliphatic heterocycles. The summed E-state index contributed by atoms with van der Waals surface area (Å²) in [5, 5.41) is 3.94. The number of aromatic nitrogens is 1. The summed E-state index contributed by atoms with van der Waals surface area (Å²) < 4.78 is 11.2. The van der Waals surface area contributed by atoms with E-state index in [2.05, 4.69) is 31.4 Å². The highest BCUT2D eigenvalue weighted by Gasteiger charge is 2.08. The molecule has 1 N–H and O–H groups in total. The van der Waals surface area contributed by atoms with Gasteiger partial charge >= 0.3 is 5.97 Å². The molecule has 0 saturated carbocycles. The lowest BCUT2D eigenvalue weighted by molar-refractivity contribution is -0.128. The normalized spacial score (nSPS) is 11.1. The summed E-state index contributed by atoms with van der Waals surface area (Å²) in [5.74, 6) is -0.151. The maximum atomic E-state index is 12.1. The number of carbonyl (C=O) groups is 2. The van der Waals surface area contributed by atoms with Crippen LogP contribution in [0.1, 0.15) is 27.4 Å². The van der Waals surface area contributed by atoms with E-state index in [1.54, 1.807) is 42.5 Å². The van der Waals surface area contributed by atoms with Crippen LogP contribution >= 0.6 is 15.9 Å². The Kier molecular flexibility index (Phi) is 6.70. The molecule has 1 amide bonds. The number of esters is 1. The van der Waals surface area contributed by atoms with Crippen LogP contribution in [0.3, 0.4) is 0 Å². The first-order chi connectivity index (χ1) is 14.0. The van der Waals surface area contributed by atoms with Crippen molar-refractivity contribution in [2.24, 2.45) is 5.10 Å². The Bertz CT molecular complexity index is 1060. The monoisotopic (exact) mass is 453 g/mol. The molecule has 0 saturated heterocycles. The Balaban J connectivity index is 1.67. The van der Waals surface area contributed by atoms with E-state index in [4.69, 9.17) is 9.15 Å². The molecule has 0 spiro atoms. The molecule has 0 radical (unpaired) electrons. The van der Waals surface area contributed by atoms with Crippen molar-refractivity contribution in [2.75, 3.05) is 0 Å². The SMILES string of the molecule is Cc1ccc(C(=O)N/N=C/c2cc(Br)ccc2OC(=O)/C=C/c2ccco2)cn1. The van der Waals surface area contributed by atoms with E-state index < -0.39 is 11.9 Å². The minimum Gasteiger partial charge on any atom is -0.465 e. The number of amides is 1. The van der Waals surface area contributed by atoms with E-state index in [0.29, 0.717) is 16.9 Å². The number of hydrazone groups is 1. The first-order valence-electron chi connectivity index (χ1n) is 8.50. The van der Waals surface area contributed by atoms with Gasteiger partial charge in [0.1, 0.15) is 11.5 Å². The number of rotatable bonds is 6. The maximum Gasteiger partial charge on any atom is 0.336 e. The van der Waals surface area contributed by atoms with Crippen LogP contribution in [-0.2, 0) is 4.79 Å². The van der Waals surface area contributed by atoms with E-state index >= 15 is 0 Å². The average Bonchev–Trinajstić information content (AvgIpc) is 3.22. The Morgan fingerprint density at radius 2 is 2.10 bits per heavy atom. The van der Waals surface area contributed by atoms with Crippen molar-refractivity contribution in [3.8, 4) is 5.75 Å². The number of nitrogens with zero attached hydrogens (tertiary/aromatic N) is 2. The van der Waals surface area contributed by atoms with Gasteiger partial charge in [-0.15, -0.1) is 0 Å². The summed E-state index contributed by atoms with van der Waals surface area (Å²) in [5.41, 5.74) is 4.12. The van der Waals surface area contributed by atoms with Gasteiger partial charge in [-0.05, 0) is 55.5 Å². The van der Waals surface area contributed by atoms with Gasteiger partial charge in [0, 0.05) is 28.0 Å². The predicted octanol–water partition coefficient (Wildman–Crippen LogP) is 4.13. The molecule has 8 heteroatoms. The third kappa shape index (κ3) is 5.98. The molecule has 2 heterocycles. The van der Waals surface area contributed by atoms with Gasteiger partial charge < -0.3 is 9.15 Å². The molecular weight excluding hydrogens is 438 g/mol. The van der Waals surface area contributed by atoms with E-state index in [0.717, 1.165) is 10.2 Å². The van der Waals surface area contributed by atoms with Crippen molar-refractivity contribution in [2.45, 2.75) is 6.92 Å². The van der Waals surface area contributed by atoms with Gasteiger partial charge in [-0.25, -0.2) is 10.2 Å². The average molecular weight is 454 g/mol. The smallest absolute Gasteiger partial charge is 0.336 e. The predicted molar refractivity (Wildman–Crippen MR) is 112 cm³/mol. The zero-order valence-corrected chi connectivity index (χ0v) is 16.9. The number of ether oxygens (including phenoxy) is 1. The van der Waals surface area contributed by atoms with E-state index in [1.807, 2.05) is 6.92 Å². The van der Waals surface area contributed by atoms with Gasteiger partial charge in [-0.1, -0.05) is 15.9 Å². The fraction of sp³-hybridized carbons (Fsp3) is 0.0476. The summed E-state index contributed by atoms with van der Waals surface area (Å²) in [4.78, 5) is 28.2. The van der Waals surface area contributed by atoms with E-state index in [9.17, 15) is 9.59 Å². The van der Waals surface area contributed by atoms with Gasteiger partial charge in [-0.3, -0.25) is 9.78 Å². The number of halogens is 1. The summed E-state index contributed by atoms with van der Waals surface area (Å²) >= 11 is 3.36. The quantitative estimate of drug-likeness (QED) is 0.199. The lowest BCUT2D eigenvalue weighted by Gasteiger charge is -2.06. The van der Waals surface area contributed by atoms with Crippen molar-refractivity contribution in [1.82, 2.24) is 10.4 Å². The van der Waals surface area contributed by atoms with Crippen LogP contribution < -0.4 is 10.2 Å². The number of hydrogen-bond donors (Lipinski definition) is 1. The summed E-state index contributed by atoms with van der Waals surface area (Å²) in [6, 6.07) is 11.9. The molecule has 0 bridgehead atoms. The molecule has 1 aromatic carbocycles. The second kappa shape index (κ2) is 9.61. The Hall–Kier alpha value is -3.52. The molecule has 146 valence electrons. The fourth-order valence-corrected chi connectivity index (χ4v) is 2.60. The highest BCUT2D eigenvalue weighted by atomic mass is 79.9. The zero-order chi connectivity index (χ0) is 20.6. The van der Waals surface area contributed by atoms with Gasteiger partial charge in [0.2, 0.25) is 0 Å². The molecule has 0 aliphatic carbocycles. The second-order valence-corrected chi connectivity index (χ2v) is 6.76. The van der Waals surface area contributed by atoms with Crippen LogP contribution in [0, 0.1) is 6.92 Å². The van der Waals surface area contributed by atoms with Gasteiger partial charge in [0.05, 0.1) is 18.0 Å². The second-order valence-electron chi connectivity index (χ2n) is 5.84. The number of furan rings is 1. The number of carbonyl (C=O) groups excluding carboxylic acids is 2. The molecular formula is C21H16BrN3O4. The van der Waals surface area contributed by atoms with Crippen molar-refractivity contribution >= 4 is 40.1 Å². The summed E-state index contributed by atoms with van der Waals surface area (Å²) in [6.07, 6.45) is 7.13. The fourth-order valence-electron chi connectivity index (χ4n) is 2.22. The van der Waals surface area contributed by atoms with E-state index in [1.165, 1.54) is 30.8 Å². The number of hydrogen-bond acceptors (Lipinski definition) is 6. The van der Waals surface area contributed by atoms with Crippen molar-refractivity contribution in [3.63, 3.8) is 0 Å². The molecule has 3 rings (SSSR count). The van der Waals surface area contributed by atoms with Crippen LogP contribution in [0.25, 0.3) is 6.08 Å². The van der Waals surface area contributed by atoms with Crippen LogP contribution in [0.5, 0.6) is 5.75 Å². The highest BCUT2D eigenvalue weighted by Crippen LogP contribution is 2.22. The Morgan fingerprint density at radius 3 is 2.83 bits per heavy atom. The highest BCUT2D eigenvalue weighted by molar-refractivity contribution is 9.10.